The molecule has 9 nitrogen and oxygen atoms in total. The van der Waals surface area contributed by atoms with Crippen LogP contribution in [0.25, 0.3) is 10.9 Å². The number of aromatic nitrogens is 2. The average molecular weight is 594 g/mol. The first-order chi connectivity index (χ1) is 20.5. The second-order valence-corrected chi connectivity index (χ2v) is 10.2. The van der Waals surface area contributed by atoms with Gasteiger partial charge < -0.3 is 24.4 Å². The fourth-order valence-corrected chi connectivity index (χ4v) is 4.77. The number of benzene rings is 3. The van der Waals surface area contributed by atoms with Crippen LogP contribution in [0.5, 0.6) is 11.5 Å². The van der Waals surface area contributed by atoms with Gasteiger partial charge in [-0.15, -0.1) is 0 Å². The van der Waals surface area contributed by atoms with Gasteiger partial charge in [-0.25, -0.2) is 14.4 Å². The summed E-state index contributed by atoms with van der Waals surface area (Å²) < 4.78 is 30.4. The Morgan fingerprint density at radius 2 is 1.88 bits per heavy atom. The monoisotopic (exact) mass is 593 g/mol. The summed E-state index contributed by atoms with van der Waals surface area (Å²) in [4.78, 5) is 16.7. The highest BCUT2D eigenvalue weighted by atomic mass is 35.5. The van der Waals surface area contributed by atoms with Crippen molar-refractivity contribution in [2.24, 2.45) is 5.16 Å². The molecular formula is C31H33ClFN5O4. The first kappa shape index (κ1) is 29.5. The summed E-state index contributed by atoms with van der Waals surface area (Å²) in [7, 11) is 1.62. The van der Waals surface area contributed by atoms with Gasteiger partial charge in [0, 0.05) is 42.3 Å². The molecular weight excluding hydrogens is 561 g/mol. The van der Waals surface area contributed by atoms with E-state index in [0.717, 1.165) is 61.4 Å². The highest BCUT2D eigenvalue weighted by Gasteiger charge is 2.14. The first-order valence-electron chi connectivity index (χ1n) is 13.7. The maximum atomic E-state index is 13.2. The number of oxime groups is 1. The smallest absolute Gasteiger partial charge is 0.163 e. The van der Waals surface area contributed by atoms with Crippen molar-refractivity contribution in [2.75, 3.05) is 51.9 Å². The van der Waals surface area contributed by atoms with Gasteiger partial charge in [0.1, 0.15) is 24.6 Å². The Labute approximate surface area is 249 Å². The number of fused-ring (bicyclic) bond motifs is 1. The number of rotatable bonds is 12. The average Bonchev–Trinajstić information content (AvgIpc) is 3.01. The zero-order valence-corrected chi connectivity index (χ0v) is 24.4. The van der Waals surface area contributed by atoms with Crippen LogP contribution in [0.3, 0.4) is 0 Å². The molecule has 220 valence electrons. The van der Waals surface area contributed by atoms with Gasteiger partial charge in [-0.2, -0.15) is 0 Å². The van der Waals surface area contributed by atoms with Crippen LogP contribution in [-0.4, -0.2) is 67.1 Å². The number of morpholine rings is 1. The van der Waals surface area contributed by atoms with Crippen molar-refractivity contribution in [1.82, 2.24) is 14.9 Å². The summed E-state index contributed by atoms with van der Waals surface area (Å²) in [5.74, 6) is 1.53. The minimum Gasteiger partial charge on any atom is -0.493 e. The van der Waals surface area contributed by atoms with Gasteiger partial charge in [0.25, 0.3) is 0 Å². The second kappa shape index (κ2) is 14.3. The quantitative estimate of drug-likeness (QED) is 0.118. The molecule has 3 aromatic carbocycles. The summed E-state index contributed by atoms with van der Waals surface area (Å²) in [5.41, 5.74) is 3.82. The predicted octanol–water partition coefficient (Wildman–Crippen LogP) is 6.22. The molecule has 1 fully saturated rings. The van der Waals surface area contributed by atoms with Crippen LogP contribution >= 0.6 is 11.6 Å². The maximum Gasteiger partial charge on any atom is 0.163 e. The fourth-order valence-electron chi connectivity index (χ4n) is 4.55. The van der Waals surface area contributed by atoms with Crippen LogP contribution < -0.4 is 14.8 Å². The molecule has 0 spiro atoms. The number of hydrogen-bond donors (Lipinski definition) is 1. The topological polar surface area (TPSA) is 90.3 Å². The van der Waals surface area contributed by atoms with Crippen LogP contribution in [0, 0.1) is 5.82 Å². The van der Waals surface area contributed by atoms with Crippen LogP contribution in [-0.2, 0) is 16.2 Å². The maximum absolute atomic E-state index is 13.2. The lowest BCUT2D eigenvalue weighted by Gasteiger charge is -2.26. The molecule has 2 heterocycles. The lowest BCUT2D eigenvalue weighted by molar-refractivity contribution is 0.0357. The number of nitrogens with zero attached hydrogens (tertiary/aromatic N) is 4. The minimum absolute atomic E-state index is 0.140. The summed E-state index contributed by atoms with van der Waals surface area (Å²) in [6.45, 7) is 7.04. The Bertz CT molecular complexity index is 1530. The Hall–Kier alpha value is -3.99. The van der Waals surface area contributed by atoms with E-state index in [-0.39, 0.29) is 6.61 Å². The van der Waals surface area contributed by atoms with E-state index in [2.05, 4.69) is 25.3 Å². The van der Waals surface area contributed by atoms with E-state index in [1.165, 1.54) is 18.5 Å². The molecule has 42 heavy (non-hydrogen) atoms. The van der Waals surface area contributed by atoms with Gasteiger partial charge in [-0.05, 0) is 49.2 Å². The molecule has 0 aliphatic carbocycles. The normalized spacial score (nSPS) is 14.1. The van der Waals surface area contributed by atoms with Crippen LogP contribution in [0.1, 0.15) is 24.5 Å². The third kappa shape index (κ3) is 7.64. The predicted molar refractivity (Wildman–Crippen MR) is 162 cm³/mol. The zero-order chi connectivity index (χ0) is 29.3. The number of nitrogens with one attached hydrogen (secondary N) is 1. The minimum atomic E-state index is -0.393. The lowest BCUT2D eigenvalue weighted by atomic mass is 10.1. The lowest BCUT2D eigenvalue weighted by Crippen LogP contribution is -2.37. The Morgan fingerprint density at radius 3 is 2.64 bits per heavy atom. The van der Waals surface area contributed by atoms with Crippen molar-refractivity contribution < 1.29 is 23.4 Å². The highest BCUT2D eigenvalue weighted by molar-refractivity contribution is 6.31. The van der Waals surface area contributed by atoms with Crippen molar-refractivity contribution in [3.8, 4) is 11.5 Å². The Balaban J connectivity index is 1.21. The highest BCUT2D eigenvalue weighted by Crippen LogP contribution is 2.35. The molecule has 1 aliphatic heterocycles. The number of halogens is 2. The third-order valence-corrected chi connectivity index (χ3v) is 7.25. The van der Waals surface area contributed by atoms with Crippen molar-refractivity contribution in [2.45, 2.75) is 20.0 Å². The van der Waals surface area contributed by atoms with Crippen molar-refractivity contribution >= 4 is 39.7 Å². The van der Waals surface area contributed by atoms with E-state index in [0.29, 0.717) is 40.2 Å². The number of methoxy groups -OCH3 is 1. The van der Waals surface area contributed by atoms with Crippen LogP contribution in [0.4, 0.5) is 15.9 Å². The molecule has 1 aromatic heterocycles. The molecule has 1 aliphatic rings. The molecule has 1 saturated heterocycles. The van der Waals surface area contributed by atoms with Crippen molar-refractivity contribution in [1.29, 1.82) is 0 Å². The van der Waals surface area contributed by atoms with Gasteiger partial charge in [0.2, 0.25) is 0 Å². The van der Waals surface area contributed by atoms with E-state index in [4.69, 9.17) is 30.6 Å². The Kier molecular flexibility index (Phi) is 10.0. The van der Waals surface area contributed by atoms with E-state index >= 15 is 0 Å². The molecule has 4 aromatic rings. The standard InChI is InChI=1S/C31H33ClFN5O4/c1-21(37-42-19-23-4-7-24(33)16-27(23)32)22-5-8-25(9-6-22)36-31-26-17-29(39-2)30(18-28(26)34-20-35-31)41-13-3-10-38-11-14-40-15-12-38/h4-9,16-18,20H,3,10-15,19H2,1-2H3,(H,34,35,36)/b37-21+. The largest absolute Gasteiger partial charge is 0.493 e. The van der Waals surface area contributed by atoms with Crippen LogP contribution in [0.15, 0.2) is 66.1 Å². The number of ether oxygens (including phenoxy) is 3. The third-order valence-electron chi connectivity index (χ3n) is 6.90. The van der Waals surface area contributed by atoms with Gasteiger partial charge in [0.05, 0.1) is 43.2 Å². The second-order valence-electron chi connectivity index (χ2n) is 9.79. The molecule has 0 amide bonds. The summed E-state index contributed by atoms with van der Waals surface area (Å²) >= 11 is 6.05. The summed E-state index contributed by atoms with van der Waals surface area (Å²) in [5, 5.41) is 8.66. The summed E-state index contributed by atoms with van der Waals surface area (Å²) in [6, 6.07) is 15.7. The number of hydrogen-bond acceptors (Lipinski definition) is 9. The first-order valence-corrected chi connectivity index (χ1v) is 14.1. The van der Waals surface area contributed by atoms with Gasteiger partial charge in [-0.1, -0.05) is 35.0 Å². The van der Waals surface area contributed by atoms with E-state index in [1.807, 2.05) is 43.3 Å². The molecule has 0 bridgehead atoms. The molecule has 0 atom stereocenters. The fraction of sp³-hybridized carbons (Fsp3) is 0.323. The molecule has 1 N–H and O–H groups in total. The van der Waals surface area contributed by atoms with Crippen molar-refractivity contribution in [3.05, 3.63) is 82.9 Å². The van der Waals surface area contributed by atoms with Crippen LogP contribution in [0.2, 0.25) is 5.02 Å². The molecule has 0 radical (unpaired) electrons. The SMILES string of the molecule is COc1cc2c(Nc3ccc(/C(C)=N/OCc4ccc(F)cc4Cl)cc3)ncnc2cc1OCCCN1CCOCC1. The molecule has 0 unspecified atom stereocenters. The number of anilines is 2. The molecule has 5 rings (SSSR count). The van der Waals surface area contributed by atoms with Gasteiger partial charge in [0.15, 0.2) is 11.5 Å². The molecule has 11 heteroatoms. The Morgan fingerprint density at radius 1 is 1.07 bits per heavy atom. The van der Waals surface area contributed by atoms with Crippen molar-refractivity contribution in [3.63, 3.8) is 0 Å². The van der Waals surface area contributed by atoms with E-state index < -0.39 is 5.82 Å². The molecule has 0 saturated carbocycles. The van der Waals surface area contributed by atoms with Gasteiger partial charge >= 0.3 is 0 Å². The summed E-state index contributed by atoms with van der Waals surface area (Å²) in [6.07, 6.45) is 2.43. The zero-order valence-electron chi connectivity index (χ0n) is 23.6. The van der Waals surface area contributed by atoms with Gasteiger partial charge in [-0.3, -0.25) is 4.90 Å². The van der Waals surface area contributed by atoms with E-state index in [9.17, 15) is 4.39 Å². The van der Waals surface area contributed by atoms with E-state index in [1.54, 1.807) is 13.2 Å².